The normalized spacial score (nSPS) is 10.9. The van der Waals surface area contributed by atoms with Crippen molar-refractivity contribution in [3.63, 3.8) is 0 Å². The fourth-order valence-electron chi connectivity index (χ4n) is 2.06. The van der Waals surface area contributed by atoms with Gasteiger partial charge in [0.25, 0.3) is 0 Å². The van der Waals surface area contributed by atoms with Crippen molar-refractivity contribution in [1.82, 2.24) is 24.1 Å². The first-order valence-electron chi connectivity index (χ1n) is 6.41. The van der Waals surface area contributed by atoms with E-state index in [0.29, 0.717) is 11.6 Å². The summed E-state index contributed by atoms with van der Waals surface area (Å²) in [5, 5.41) is 0.625. The van der Waals surface area contributed by atoms with Crippen LogP contribution in [0.25, 0.3) is 5.82 Å². The summed E-state index contributed by atoms with van der Waals surface area (Å²) >= 11 is 5.83. The second kappa shape index (κ2) is 5.46. The Morgan fingerprint density at radius 3 is 2.85 bits per heavy atom. The van der Waals surface area contributed by atoms with Crippen LogP contribution in [0.1, 0.15) is 18.4 Å². The van der Waals surface area contributed by atoms with E-state index >= 15 is 0 Å². The molecule has 3 aromatic rings. The van der Waals surface area contributed by atoms with Crippen LogP contribution in [0.3, 0.4) is 0 Å². The molecule has 0 unspecified atom stereocenters. The predicted octanol–water partition coefficient (Wildman–Crippen LogP) is 2.73. The zero-order valence-electron chi connectivity index (χ0n) is 11.1. The Kier molecular flexibility index (Phi) is 3.52. The van der Waals surface area contributed by atoms with Crippen molar-refractivity contribution in [2.75, 3.05) is 0 Å². The van der Waals surface area contributed by atoms with Gasteiger partial charge in [0.05, 0.1) is 17.3 Å². The molecule has 3 aromatic heterocycles. The predicted molar refractivity (Wildman–Crippen MR) is 77.1 cm³/mol. The van der Waals surface area contributed by atoms with E-state index in [4.69, 9.17) is 11.6 Å². The van der Waals surface area contributed by atoms with Crippen LogP contribution >= 0.6 is 11.6 Å². The molecule has 6 heteroatoms. The summed E-state index contributed by atoms with van der Waals surface area (Å²) in [6.07, 6.45) is 10.0. The summed E-state index contributed by atoms with van der Waals surface area (Å²) in [4.78, 5) is 13.0. The Bertz CT molecular complexity index is 698. The van der Waals surface area contributed by atoms with Gasteiger partial charge in [0, 0.05) is 31.2 Å². The Morgan fingerprint density at radius 1 is 1.20 bits per heavy atom. The van der Waals surface area contributed by atoms with Crippen molar-refractivity contribution in [3.05, 3.63) is 59.8 Å². The van der Waals surface area contributed by atoms with Gasteiger partial charge in [-0.1, -0.05) is 18.5 Å². The molecule has 0 fully saturated rings. The molecule has 0 aliphatic rings. The van der Waals surface area contributed by atoms with Crippen molar-refractivity contribution >= 4 is 11.6 Å². The minimum absolute atomic E-state index is 0.625. The minimum atomic E-state index is 0.625. The van der Waals surface area contributed by atoms with E-state index in [2.05, 4.69) is 26.4 Å². The number of pyridine rings is 1. The number of rotatable bonds is 4. The number of hydrogen-bond acceptors (Lipinski definition) is 3. The van der Waals surface area contributed by atoms with Crippen LogP contribution in [0.5, 0.6) is 0 Å². The molecular formula is C14H14ClN5. The third-order valence-corrected chi connectivity index (χ3v) is 3.29. The van der Waals surface area contributed by atoms with Crippen LogP contribution in [0.4, 0.5) is 0 Å². The summed E-state index contributed by atoms with van der Waals surface area (Å²) in [5.41, 5.74) is 0.967. The Hall–Kier alpha value is -2.14. The highest BCUT2D eigenvalue weighted by Crippen LogP contribution is 2.11. The molecular weight excluding hydrogens is 274 g/mol. The van der Waals surface area contributed by atoms with Crippen LogP contribution in [0, 0.1) is 0 Å². The smallest absolute Gasteiger partial charge is 0.137 e. The van der Waals surface area contributed by atoms with Crippen LogP contribution in [0.2, 0.25) is 5.02 Å². The lowest BCUT2D eigenvalue weighted by molar-refractivity contribution is 0.719. The number of aromatic nitrogens is 5. The first-order valence-corrected chi connectivity index (χ1v) is 6.79. The standard InChI is InChI=1S/C14H14ClN5/c1-2-13-16-5-6-19(13)8-12-9-20(10-18-12)14-4-3-11(15)7-17-14/h3-7,9-10H,2,8H2,1H3. The molecule has 0 amide bonds. The molecule has 5 nitrogen and oxygen atoms in total. The Morgan fingerprint density at radius 2 is 2.10 bits per heavy atom. The number of halogens is 1. The van der Waals surface area contributed by atoms with Gasteiger partial charge in [0.2, 0.25) is 0 Å². The molecule has 0 aliphatic carbocycles. The third kappa shape index (κ3) is 2.58. The lowest BCUT2D eigenvalue weighted by Gasteiger charge is -2.03. The van der Waals surface area contributed by atoms with E-state index in [-0.39, 0.29) is 0 Å². The van der Waals surface area contributed by atoms with Gasteiger partial charge in [-0.15, -0.1) is 0 Å². The van der Waals surface area contributed by atoms with Crippen molar-refractivity contribution in [1.29, 1.82) is 0 Å². The molecule has 0 N–H and O–H groups in total. The van der Waals surface area contributed by atoms with Crippen molar-refractivity contribution in [2.45, 2.75) is 19.9 Å². The second-order valence-corrected chi connectivity index (χ2v) is 4.87. The highest BCUT2D eigenvalue weighted by Gasteiger charge is 2.05. The Balaban J connectivity index is 1.82. The van der Waals surface area contributed by atoms with E-state index in [1.807, 2.05) is 35.3 Å². The summed E-state index contributed by atoms with van der Waals surface area (Å²) in [6, 6.07) is 3.68. The molecule has 3 heterocycles. The number of nitrogens with zero attached hydrogens (tertiary/aromatic N) is 5. The average molecular weight is 288 g/mol. The fraction of sp³-hybridized carbons (Fsp3) is 0.214. The van der Waals surface area contributed by atoms with E-state index in [1.54, 1.807) is 12.5 Å². The molecule has 0 bridgehead atoms. The van der Waals surface area contributed by atoms with Gasteiger partial charge in [-0.25, -0.2) is 15.0 Å². The van der Waals surface area contributed by atoms with Gasteiger partial charge in [-0.05, 0) is 12.1 Å². The van der Waals surface area contributed by atoms with E-state index in [0.717, 1.165) is 23.8 Å². The fourth-order valence-corrected chi connectivity index (χ4v) is 2.18. The highest BCUT2D eigenvalue weighted by atomic mass is 35.5. The van der Waals surface area contributed by atoms with Crippen LogP contribution < -0.4 is 0 Å². The van der Waals surface area contributed by atoms with E-state index in [1.165, 1.54) is 0 Å². The van der Waals surface area contributed by atoms with E-state index < -0.39 is 0 Å². The molecule has 0 saturated heterocycles. The average Bonchev–Trinajstić information content (AvgIpc) is 3.09. The topological polar surface area (TPSA) is 48.5 Å². The van der Waals surface area contributed by atoms with Gasteiger partial charge in [-0.2, -0.15) is 0 Å². The number of hydrogen-bond donors (Lipinski definition) is 0. The lowest BCUT2D eigenvalue weighted by Crippen LogP contribution is -2.03. The minimum Gasteiger partial charge on any atom is -0.329 e. The molecule has 0 atom stereocenters. The molecule has 0 radical (unpaired) electrons. The lowest BCUT2D eigenvalue weighted by atomic mass is 10.4. The number of imidazole rings is 2. The zero-order chi connectivity index (χ0) is 13.9. The van der Waals surface area contributed by atoms with Crippen molar-refractivity contribution in [3.8, 4) is 5.82 Å². The molecule has 0 aliphatic heterocycles. The monoisotopic (exact) mass is 287 g/mol. The molecule has 102 valence electrons. The van der Waals surface area contributed by atoms with Gasteiger partial charge in [0.1, 0.15) is 18.0 Å². The van der Waals surface area contributed by atoms with Crippen molar-refractivity contribution in [2.24, 2.45) is 0 Å². The Labute approximate surface area is 121 Å². The van der Waals surface area contributed by atoms with Crippen LogP contribution in [-0.2, 0) is 13.0 Å². The summed E-state index contributed by atoms with van der Waals surface area (Å²) in [5.74, 6) is 1.86. The summed E-state index contributed by atoms with van der Waals surface area (Å²) < 4.78 is 3.98. The second-order valence-electron chi connectivity index (χ2n) is 4.43. The zero-order valence-corrected chi connectivity index (χ0v) is 11.8. The van der Waals surface area contributed by atoms with Gasteiger partial charge >= 0.3 is 0 Å². The van der Waals surface area contributed by atoms with Crippen LogP contribution in [0.15, 0.2) is 43.2 Å². The molecule has 0 spiro atoms. The SMILES string of the molecule is CCc1nccn1Cc1cn(-c2ccc(Cl)cn2)cn1. The summed E-state index contributed by atoms with van der Waals surface area (Å²) in [6.45, 7) is 2.80. The van der Waals surface area contributed by atoms with Gasteiger partial charge < -0.3 is 4.57 Å². The quantitative estimate of drug-likeness (QED) is 0.741. The van der Waals surface area contributed by atoms with Crippen molar-refractivity contribution < 1.29 is 0 Å². The summed E-state index contributed by atoms with van der Waals surface area (Å²) in [7, 11) is 0. The first kappa shape index (κ1) is 12.9. The molecule has 3 rings (SSSR count). The van der Waals surface area contributed by atoms with Crippen LogP contribution in [-0.4, -0.2) is 24.1 Å². The van der Waals surface area contributed by atoms with Gasteiger partial charge in [0.15, 0.2) is 0 Å². The third-order valence-electron chi connectivity index (χ3n) is 3.06. The maximum atomic E-state index is 5.83. The molecule has 20 heavy (non-hydrogen) atoms. The largest absolute Gasteiger partial charge is 0.329 e. The first-order chi connectivity index (χ1) is 9.76. The molecule has 0 aromatic carbocycles. The maximum absolute atomic E-state index is 5.83. The molecule has 0 saturated carbocycles. The van der Waals surface area contributed by atoms with E-state index in [9.17, 15) is 0 Å². The highest BCUT2D eigenvalue weighted by molar-refractivity contribution is 6.30. The number of aryl methyl sites for hydroxylation is 1. The van der Waals surface area contributed by atoms with Gasteiger partial charge in [-0.3, -0.25) is 4.57 Å². The maximum Gasteiger partial charge on any atom is 0.137 e.